The summed E-state index contributed by atoms with van der Waals surface area (Å²) in [7, 11) is 0. The molecule has 0 unspecified atom stereocenters. The van der Waals surface area contributed by atoms with Crippen LogP contribution in [0.25, 0.3) is 0 Å². The van der Waals surface area contributed by atoms with Gasteiger partial charge < -0.3 is 10.4 Å². The van der Waals surface area contributed by atoms with E-state index in [0.717, 1.165) is 5.56 Å². The summed E-state index contributed by atoms with van der Waals surface area (Å²) in [5, 5.41) is 15.7. The Morgan fingerprint density at radius 1 is 1.17 bits per heavy atom. The van der Waals surface area contributed by atoms with Crippen LogP contribution in [0.3, 0.4) is 0 Å². The van der Waals surface area contributed by atoms with E-state index in [1.807, 2.05) is 30.3 Å². The van der Waals surface area contributed by atoms with Crippen LogP contribution < -0.4 is 10.7 Å². The standard InChI is InChI=1S/C17H16ClN3O3/c1-11(13-5-3-2-4-6-13)20-16(23)17(24)21-19-10-12-7-8-15(22)14(18)9-12/h2-11,22H,1H3,(H,20,23)(H,21,24)/b19-10+/t11-/m0/s1. The predicted molar refractivity (Wildman–Crippen MR) is 91.9 cm³/mol. The van der Waals surface area contributed by atoms with E-state index in [9.17, 15) is 14.7 Å². The molecule has 124 valence electrons. The lowest BCUT2D eigenvalue weighted by Crippen LogP contribution is -2.39. The number of nitrogens with zero attached hydrogens (tertiary/aromatic N) is 1. The van der Waals surface area contributed by atoms with Crippen molar-refractivity contribution in [1.29, 1.82) is 0 Å². The van der Waals surface area contributed by atoms with Gasteiger partial charge >= 0.3 is 11.8 Å². The zero-order valence-electron chi connectivity index (χ0n) is 12.9. The third-order valence-electron chi connectivity index (χ3n) is 3.20. The smallest absolute Gasteiger partial charge is 0.329 e. The maximum absolute atomic E-state index is 11.8. The van der Waals surface area contributed by atoms with Gasteiger partial charge in [0.05, 0.1) is 17.3 Å². The molecule has 0 heterocycles. The number of benzene rings is 2. The van der Waals surface area contributed by atoms with Crippen LogP contribution in [0, 0.1) is 0 Å². The molecule has 2 amide bonds. The van der Waals surface area contributed by atoms with Gasteiger partial charge in [-0.2, -0.15) is 5.10 Å². The average molecular weight is 346 g/mol. The lowest BCUT2D eigenvalue weighted by molar-refractivity contribution is -0.139. The summed E-state index contributed by atoms with van der Waals surface area (Å²) in [5.74, 6) is -1.71. The Kier molecular flexibility index (Phi) is 5.92. The molecule has 24 heavy (non-hydrogen) atoms. The molecule has 1 atom stereocenters. The van der Waals surface area contributed by atoms with Crippen molar-refractivity contribution < 1.29 is 14.7 Å². The number of hydrogen-bond acceptors (Lipinski definition) is 4. The van der Waals surface area contributed by atoms with Gasteiger partial charge in [0.15, 0.2) is 0 Å². The maximum atomic E-state index is 11.8. The average Bonchev–Trinajstić information content (AvgIpc) is 2.58. The van der Waals surface area contributed by atoms with E-state index in [0.29, 0.717) is 5.56 Å². The van der Waals surface area contributed by atoms with Crippen molar-refractivity contribution in [2.24, 2.45) is 5.10 Å². The van der Waals surface area contributed by atoms with E-state index in [-0.39, 0.29) is 16.8 Å². The summed E-state index contributed by atoms with van der Waals surface area (Å²) < 4.78 is 0. The molecule has 0 fully saturated rings. The van der Waals surface area contributed by atoms with Crippen LogP contribution in [-0.2, 0) is 9.59 Å². The molecule has 0 saturated heterocycles. The second-order valence-electron chi connectivity index (χ2n) is 5.02. The lowest BCUT2D eigenvalue weighted by atomic mass is 10.1. The van der Waals surface area contributed by atoms with Crippen LogP contribution in [0.4, 0.5) is 0 Å². The van der Waals surface area contributed by atoms with Crippen molar-refractivity contribution in [1.82, 2.24) is 10.7 Å². The van der Waals surface area contributed by atoms with E-state index in [2.05, 4.69) is 15.8 Å². The fourth-order valence-electron chi connectivity index (χ4n) is 1.91. The quantitative estimate of drug-likeness (QED) is 0.451. The Balaban J connectivity index is 1.88. The highest BCUT2D eigenvalue weighted by Gasteiger charge is 2.16. The Labute approximate surface area is 144 Å². The van der Waals surface area contributed by atoms with Gasteiger partial charge in [-0.15, -0.1) is 0 Å². The second-order valence-corrected chi connectivity index (χ2v) is 5.42. The van der Waals surface area contributed by atoms with E-state index in [1.165, 1.54) is 18.3 Å². The van der Waals surface area contributed by atoms with Crippen LogP contribution in [0.5, 0.6) is 5.75 Å². The van der Waals surface area contributed by atoms with Gasteiger partial charge in [-0.05, 0) is 36.2 Å². The zero-order valence-corrected chi connectivity index (χ0v) is 13.6. The summed E-state index contributed by atoms with van der Waals surface area (Å²) >= 11 is 5.76. The lowest BCUT2D eigenvalue weighted by Gasteiger charge is -2.13. The Morgan fingerprint density at radius 3 is 2.54 bits per heavy atom. The summed E-state index contributed by atoms with van der Waals surface area (Å²) in [4.78, 5) is 23.5. The number of phenolic OH excluding ortho intramolecular Hbond substituents is 1. The van der Waals surface area contributed by atoms with Gasteiger partial charge in [-0.1, -0.05) is 41.9 Å². The summed E-state index contributed by atoms with van der Waals surface area (Å²) in [6.07, 6.45) is 1.32. The van der Waals surface area contributed by atoms with E-state index in [1.54, 1.807) is 13.0 Å². The molecule has 2 aromatic rings. The number of hydrazone groups is 1. The highest BCUT2D eigenvalue weighted by molar-refractivity contribution is 6.35. The van der Waals surface area contributed by atoms with Crippen molar-refractivity contribution in [2.45, 2.75) is 13.0 Å². The zero-order chi connectivity index (χ0) is 17.5. The molecule has 3 N–H and O–H groups in total. The van der Waals surface area contributed by atoms with Gasteiger partial charge in [0, 0.05) is 0 Å². The third kappa shape index (κ3) is 4.82. The molecule has 0 aliphatic carbocycles. The van der Waals surface area contributed by atoms with Gasteiger partial charge in [-0.3, -0.25) is 9.59 Å². The molecular weight excluding hydrogens is 330 g/mol. The molecule has 0 aliphatic heterocycles. The number of nitrogens with one attached hydrogen (secondary N) is 2. The van der Waals surface area contributed by atoms with Crippen LogP contribution in [0.15, 0.2) is 53.6 Å². The topological polar surface area (TPSA) is 90.8 Å². The van der Waals surface area contributed by atoms with Crippen molar-refractivity contribution >= 4 is 29.6 Å². The van der Waals surface area contributed by atoms with Crippen molar-refractivity contribution in [3.05, 3.63) is 64.7 Å². The van der Waals surface area contributed by atoms with Gasteiger partial charge in [-0.25, -0.2) is 5.43 Å². The minimum Gasteiger partial charge on any atom is -0.506 e. The van der Waals surface area contributed by atoms with Crippen LogP contribution in [-0.4, -0.2) is 23.1 Å². The Bertz CT molecular complexity index is 763. The highest BCUT2D eigenvalue weighted by atomic mass is 35.5. The Hall–Kier alpha value is -2.86. The SMILES string of the molecule is C[C@H](NC(=O)C(=O)N/N=C/c1ccc(O)c(Cl)c1)c1ccccc1. The second kappa shape index (κ2) is 8.12. The van der Waals surface area contributed by atoms with Crippen LogP contribution >= 0.6 is 11.6 Å². The molecule has 0 bridgehead atoms. The summed E-state index contributed by atoms with van der Waals surface area (Å²) in [6, 6.07) is 13.4. The summed E-state index contributed by atoms with van der Waals surface area (Å²) in [6.45, 7) is 1.78. The first-order valence-electron chi connectivity index (χ1n) is 7.14. The highest BCUT2D eigenvalue weighted by Crippen LogP contribution is 2.22. The number of amides is 2. The molecule has 2 aromatic carbocycles. The number of rotatable bonds is 4. The van der Waals surface area contributed by atoms with Gasteiger partial charge in [0.2, 0.25) is 0 Å². The monoisotopic (exact) mass is 345 g/mol. The molecule has 2 rings (SSSR count). The number of phenols is 1. The number of aromatic hydroxyl groups is 1. The first-order chi connectivity index (χ1) is 11.5. The molecule has 0 saturated carbocycles. The predicted octanol–water partition coefficient (Wildman–Crippen LogP) is 2.37. The Morgan fingerprint density at radius 2 is 1.88 bits per heavy atom. The van der Waals surface area contributed by atoms with E-state index < -0.39 is 11.8 Å². The van der Waals surface area contributed by atoms with Gasteiger partial charge in [0.1, 0.15) is 5.75 Å². The minimum absolute atomic E-state index is 0.0490. The van der Waals surface area contributed by atoms with E-state index in [4.69, 9.17) is 11.6 Å². The fourth-order valence-corrected chi connectivity index (χ4v) is 2.10. The molecule has 7 heteroatoms. The molecule has 0 spiro atoms. The van der Waals surface area contributed by atoms with Crippen molar-refractivity contribution in [3.63, 3.8) is 0 Å². The number of carbonyl (C=O) groups excluding carboxylic acids is 2. The van der Waals surface area contributed by atoms with Crippen molar-refractivity contribution in [2.75, 3.05) is 0 Å². The van der Waals surface area contributed by atoms with Crippen LogP contribution in [0.1, 0.15) is 24.1 Å². The number of halogens is 1. The summed E-state index contributed by atoms with van der Waals surface area (Å²) in [5.41, 5.74) is 3.59. The first kappa shape index (κ1) is 17.5. The van der Waals surface area contributed by atoms with E-state index >= 15 is 0 Å². The molecule has 0 aromatic heterocycles. The first-order valence-corrected chi connectivity index (χ1v) is 7.52. The molecular formula is C17H16ClN3O3. The fraction of sp³-hybridized carbons (Fsp3) is 0.118. The molecule has 0 aliphatic rings. The maximum Gasteiger partial charge on any atom is 0.329 e. The minimum atomic E-state index is -0.876. The molecule has 0 radical (unpaired) electrons. The number of hydrogen-bond donors (Lipinski definition) is 3. The van der Waals surface area contributed by atoms with Crippen molar-refractivity contribution in [3.8, 4) is 5.75 Å². The van der Waals surface area contributed by atoms with Crippen LogP contribution in [0.2, 0.25) is 5.02 Å². The molecule has 6 nitrogen and oxygen atoms in total. The van der Waals surface area contributed by atoms with Gasteiger partial charge in [0.25, 0.3) is 0 Å². The number of carbonyl (C=O) groups is 2. The normalized spacial score (nSPS) is 11.9. The largest absolute Gasteiger partial charge is 0.506 e. The third-order valence-corrected chi connectivity index (χ3v) is 3.51.